The molecule has 2 N–H and O–H groups in total. The Morgan fingerprint density at radius 2 is 2.10 bits per heavy atom. The standard InChI is InChI=1S/C12H12N4O4/c1-12(10(17)18)8-5-3-2-4-7(8)9(14-15-13)6-16(12)11(19)20/h2-5,9H,6H2,1H3,(H,17,18)(H,19,20)/t9-,12-/m0/s1. The molecule has 2 rings (SSSR count). The number of benzene rings is 1. The zero-order chi connectivity index (χ0) is 14.9. The predicted molar refractivity (Wildman–Crippen MR) is 68.0 cm³/mol. The van der Waals surface area contributed by atoms with Crippen LogP contribution in [-0.2, 0) is 10.3 Å². The van der Waals surface area contributed by atoms with Crippen LogP contribution in [0.15, 0.2) is 29.4 Å². The van der Waals surface area contributed by atoms with E-state index >= 15 is 0 Å². The lowest BCUT2D eigenvalue weighted by Crippen LogP contribution is -2.56. The lowest BCUT2D eigenvalue weighted by Gasteiger charge is -2.43. The quantitative estimate of drug-likeness (QED) is 0.488. The van der Waals surface area contributed by atoms with E-state index in [4.69, 9.17) is 5.53 Å². The number of nitrogens with zero attached hydrogens (tertiary/aromatic N) is 4. The van der Waals surface area contributed by atoms with E-state index in [1.165, 1.54) is 6.92 Å². The molecule has 0 saturated heterocycles. The minimum absolute atomic E-state index is 0.195. The van der Waals surface area contributed by atoms with E-state index in [9.17, 15) is 19.8 Å². The molecule has 1 aliphatic rings. The average Bonchev–Trinajstić information content (AvgIpc) is 2.41. The van der Waals surface area contributed by atoms with Gasteiger partial charge in [0, 0.05) is 11.5 Å². The van der Waals surface area contributed by atoms with Crippen molar-refractivity contribution in [1.82, 2.24) is 4.90 Å². The Morgan fingerprint density at radius 1 is 1.45 bits per heavy atom. The molecule has 0 aromatic heterocycles. The third kappa shape index (κ3) is 1.83. The van der Waals surface area contributed by atoms with Crippen LogP contribution in [0.2, 0.25) is 0 Å². The molecule has 104 valence electrons. The SMILES string of the molecule is C[C@@]1(C(=O)O)c2ccccc2[C@@H](N=[N+]=[N-])CN1C(=O)O. The van der Waals surface area contributed by atoms with Gasteiger partial charge in [-0.3, -0.25) is 4.90 Å². The molecule has 20 heavy (non-hydrogen) atoms. The lowest BCUT2D eigenvalue weighted by molar-refractivity contribution is -0.150. The van der Waals surface area contributed by atoms with Crippen molar-refractivity contribution < 1.29 is 19.8 Å². The van der Waals surface area contributed by atoms with Crippen LogP contribution in [0.3, 0.4) is 0 Å². The number of rotatable bonds is 2. The predicted octanol–water partition coefficient (Wildman–Crippen LogP) is 2.33. The smallest absolute Gasteiger partial charge is 0.408 e. The van der Waals surface area contributed by atoms with Crippen LogP contribution < -0.4 is 0 Å². The minimum atomic E-state index is -1.70. The maximum absolute atomic E-state index is 11.6. The first-order chi connectivity index (χ1) is 9.42. The Hall–Kier alpha value is -2.73. The monoisotopic (exact) mass is 276 g/mol. The van der Waals surface area contributed by atoms with Crippen molar-refractivity contribution in [2.45, 2.75) is 18.5 Å². The number of azide groups is 1. The van der Waals surface area contributed by atoms with Gasteiger partial charge in [-0.1, -0.05) is 29.4 Å². The van der Waals surface area contributed by atoms with Crippen LogP contribution in [0.4, 0.5) is 4.79 Å². The van der Waals surface area contributed by atoms with Crippen LogP contribution in [-0.4, -0.2) is 33.7 Å². The van der Waals surface area contributed by atoms with Gasteiger partial charge in [0.15, 0.2) is 5.54 Å². The van der Waals surface area contributed by atoms with Crippen molar-refractivity contribution in [2.24, 2.45) is 5.11 Å². The molecule has 1 heterocycles. The summed E-state index contributed by atoms with van der Waals surface area (Å²) in [5, 5.41) is 22.3. The van der Waals surface area contributed by atoms with Gasteiger partial charge in [-0.25, -0.2) is 9.59 Å². The van der Waals surface area contributed by atoms with E-state index in [0.29, 0.717) is 11.1 Å². The van der Waals surface area contributed by atoms with Crippen molar-refractivity contribution in [1.29, 1.82) is 0 Å². The Labute approximate surface area is 113 Å². The van der Waals surface area contributed by atoms with Crippen LogP contribution in [0.1, 0.15) is 24.1 Å². The first-order valence-corrected chi connectivity index (χ1v) is 5.80. The van der Waals surface area contributed by atoms with Gasteiger partial charge in [-0.2, -0.15) is 0 Å². The molecule has 0 saturated carbocycles. The number of hydrogen-bond acceptors (Lipinski definition) is 3. The van der Waals surface area contributed by atoms with Gasteiger partial charge in [-0.05, 0) is 23.6 Å². The van der Waals surface area contributed by atoms with Gasteiger partial charge in [0.2, 0.25) is 0 Å². The number of carboxylic acids is 1. The van der Waals surface area contributed by atoms with Crippen molar-refractivity contribution in [3.05, 3.63) is 45.8 Å². The van der Waals surface area contributed by atoms with E-state index in [0.717, 1.165) is 4.90 Å². The fraction of sp³-hybridized carbons (Fsp3) is 0.333. The van der Waals surface area contributed by atoms with Gasteiger partial charge in [-0.15, -0.1) is 0 Å². The molecule has 0 radical (unpaired) electrons. The van der Waals surface area contributed by atoms with Crippen LogP contribution in [0.25, 0.3) is 10.4 Å². The number of aliphatic carboxylic acids is 1. The third-order valence-electron chi connectivity index (χ3n) is 3.58. The van der Waals surface area contributed by atoms with Crippen molar-refractivity contribution in [3.8, 4) is 0 Å². The molecule has 8 nitrogen and oxygen atoms in total. The fourth-order valence-corrected chi connectivity index (χ4v) is 2.49. The maximum atomic E-state index is 11.6. The van der Waals surface area contributed by atoms with E-state index in [1.54, 1.807) is 24.3 Å². The number of amides is 1. The summed E-state index contributed by atoms with van der Waals surface area (Å²) in [6, 6.07) is 5.77. The summed E-state index contributed by atoms with van der Waals surface area (Å²) >= 11 is 0. The van der Waals surface area contributed by atoms with Crippen LogP contribution in [0.5, 0.6) is 0 Å². The third-order valence-corrected chi connectivity index (χ3v) is 3.58. The second-order valence-corrected chi connectivity index (χ2v) is 4.58. The molecule has 1 amide bonds. The highest BCUT2D eigenvalue weighted by molar-refractivity contribution is 5.86. The molecule has 0 unspecified atom stereocenters. The van der Waals surface area contributed by atoms with Crippen molar-refractivity contribution in [3.63, 3.8) is 0 Å². The summed E-state index contributed by atoms with van der Waals surface area (Å²) in [7, 11) is 0. The Bertz CT molecular complexity index is 626. The maximum Gasteiger partial charge on any atom is 0.408 e. The summed E-state index contributed by atoms with van der Waals surface area (Å²) in [6.45, 7) is 1.13. The van der Waals surface area contributed by atoms with Gasteiger partial charge < -0.3 is 10.2 Å². The Kier molecular flexibility index (Phi) is 3.25. The second-order valence-electron chi connectivity index (χ2n) is 4.58. The van der Waals surface area contributed by atoms with Gasteiger partial charge in [0.05, 0.1) is 6.04 Å². The number of hydrogen-bond donors (Lipinski definition) is 2. The summed E-state index contributed by atoms with van der Waals surface area (Å²) in [5.41, 5.74) is 7.73. The molecule has 0 fully saturated rings. The van der Waals surface area contributed by atoms with Gasteiger partial charge in [0.1, 0.15) is 0 Å². The number of fused-ring (bicyclic) bond motifs is 1. The molecule has 0 bridgehead atoms. The second kappa shape index (κ2) is 4.75. The van der Waals surface area contributed by atoms with Crippen LogP contribution >= 0.6 is 0 Å². The highest BCUT2D eigenvalue weighted by Gasteiger charge is 2.50. The number of carbonyl (C=O) groups is 2. The van der Waals surface area contributed by atoms with Crippen LogP contribution in [0, 0.1) is 0 Å². The topological polar surface area (TPSA) is 127 Å². The summed E-state index contributed by atoms with van der Waals surface area (Å²) < 4.78 is 0. The van der Waals surface area contributed by atoms with Gasteiger partial charge >= 0.3 is 12.1 Å². The molecule has 8 heteroatoms. The number of carboxylic acid groups (broad SMARTS) is 2. The highest BCUT2D eigenvalue weighted by atomic mass is 16.4. The zero-order valence-corrected chi connectivity index (χ0v) is 10.6. The minimum Gasteiger partial charge on any atom is -0.479 e. The average molecular weight is 276 g/mol. The van der Waals surface area contributed by atoms with E-state index in [-0.39, 0.29) is 6.54 Å². The van der Waals surface area contributed by atoms with Crippen molar-refractivity contribution >= 4 is 12.1 Å². The molecular formula is C12H12N4O4. The largest absolute Gasteiger partial charge is 0.479 e. The first kappa shape index (κ1) is 13.7. The normalized spacial score (nSPS) is 24.4. The van der Waals surface area contributed by atoms with Gasteiger partial charge in [0.25, 0.3) is 0 Å². The first-order valence-electron chi connectivity index (χ1n) is 5.80. The molecule has 1 aliphatic heterocycles. The molecule has 1 aromatic rings. The molecule has 0 aliphatic carbocycles. The van der Waals surface area contributed by atoms with E-state index in [1.807, 2.05) is 0 Å². The molecule has 2 atom stereocenters. The highest BCUT2D eigenvalue weighted by Crippen LogP contribution is 2.41. The van der Waals surface area contributed by atoms with E-state index < -0.39 is 23.6 Å². The van der Waals surface area contributed by atoms with Crippen molar-refractivity contribution in [2.75, 3.05) is 6.54 Å². The summed E-state index contributed by atoms with van der Waals surface area (Å²) in [5.74, 6) is -1.27. The Morgan fingerprint density at radius 3 is 2.65 bits per heavy atom. The lowest BCUT2D eigenvalue weighted by atomic mass is 9.80. The fourth-order valence-electron chi connectivity index (χ4n) is 2.49. The molecule has 1 aromatic carbocycles. The zero-order valence-electron chi connectivity index (χ0n) is 10.6. The summed E-state index contributed by atoms with van der Waals surface area (Å²) in [6.07, 6.45) is -1.37. The molecular weight excluding hydrogens is 264 g/mol. The molecule has 0 spiro atoms. The summed E-state index contributed by atoms with van der Waals surface area (Å²) in [4.78, 5) is 26.5. The Balaban J connectivity index is 2.72. The van der Waals surface area contributed by atoms with E-state index in [2.05, 4.69) is 10.0 Å².